The Bertz CT molecular complexity index is 230. The van der Waals surface area contributed by atoms with Crippen molar-refractivity contribution in [2.45, 2.75) is 37.9 Å². The summed E-state index contributed by atoms with van der Waals surface area (Å²) in [4.78, 5) is 12.8. The highest BCUT2D eigenvalue weighted by molar-refractivity contribution is 5.83. The minimum absolute atomic E-state index is 0.0719. The Morgan fingerprint density at radius 2 is 2.07 bits per heavy atom. The molecule has 1 amide bonds. The molecule has 6 heteroatoms. The Hall–Kier alpha value is -0.780. The van der Waals surface area contributed by atoms with Gasteiger partial charge >= 0.3 is 6.18 Å². The largest absolute Gasteiger partial charge is 0.389 e. The highest BCUT2D eigenvalue weighted by Crippen LogP contribution is 2.22. The van der Waals surface area contributed by atoms with Crippen molar-refractivity contribution in [3.8, 4) is 0 Å². The first-order chi connectivity index (χ1) is 6.90. The van der Waals surface area contributed by atoms with Crippen LogP contribution in [0.5, 0.6) is 0 Å². The standard InChI is InChI=1S/C9H15F3N2O/c10-9(11,12)4-1-2-5-14-6-3-7(13)8(14)15/h7H,1-6,13H2. The number of nitrogens with two attached hydrogens (primary N) is 1. The molecule has 3 nitrogen and oxygen atoms in total. The third-order valence-electron chi connectivity index (χ3n) is 2.48. The van der Waals surface area contributed by atoms with Gasteiger partial charge < -0.3 is 10.6 Å². The lowest BCUT2D eigenvalue weighted by Crippen LogP contribution is -2.34. The molecule has 1 aliphatic heterocycles. The molecule has 0 aliphatic carbocycles. The average molecular weight is 224 g/mol. The fourth-order valence-electron chi connectivity index (χ4n) is 1.61. The molecule has 1 heterocycles. The van der Waals surface area contributed by atoms with Crippen molar-refractivity contribution in [3.05, 3.63) is 0 Å². The van der Waals surface area contributed by atoms with Crippen LogP contribution in [0.4, 0.5) is 13.2 Å². The molecule has 88 valence electrons. The molecule has 0 aromatic heterocycles. The molecule has 0 spiro atoms. The van der Waals surface area contributed by atoms with Crippen LogP contribution >= 0.6 is 0 Å². The molecular weight excluding hydrogens is 209 g/mol. The maximum atomic E-state index is 11.8. The van der Waals surface area contributed by atoms with Crippen molar-refractivity contribution in [1.82, 2.24) is 4.90 Å². The molecule has 1 atom stereocenters. The van der Waals surface area contributed by atoms with E-state index < -0.39 is 18.6 Å². The molecule has 1 saturated heterocycles. The van der Waals surface area contributed by atoms with Crippen molar-refractivity contribution in [3.63, 3.8) is 0 Å². The SMILES string of the molecule is NC1CCN(CCCCC(F)(F)F)C1=O. The highest BCUT2D eigenvalue weighted by Gasteiger charge is 2.29. The summed E-state index contributed by atoms with van der Waals surface area (Å²) in [7, 11) is 0. The van der Waals surface area contributed by atoms with E-state index in [1.54, 1.807) is 4.90 Å². The van der Waals surface area contributed by atoms with Crippen molar-refractivity contribution < 1.29 is 18.0 Å². The van der Waals surface area contributed by atoms with Gasteiger partial charge in [0.05, 0.1) is 6.04 Å². The van der Waals surface area contributed by atoms with Gasteiger partial charge in [0.25, 0.3) is 0 Å². The van der Waals surface area contributed by atoms with Crippen LogP contribution in [0.15, 0.2) is 0 Å². The monoisotopic (exact) mass is 224 g/mol. The van der Waals surface area contributed by atoms with Crippen LogP contribution in [0.2, 0.25) is 0 Å². The lowest BCUT2D eigenvalue weighted by molar-refractivity contribution is -0.136. The Morgan fingerprint density at radius 1 is 1.40 bits per heavy atom. The molecule has 15 heavy (non-hydrogen) atoms. The summed E-state index contributed by atoms with van der Waals surface area (Å²) in [5.41, 5.74) is 5.47. The predicted octanol–water partition coefficient (Wildman–Crippen LogP) is 1.28. The third kappa shape index (κ3) is 4.07. The summed E-state index contributed by atoms with van der Waals surface area (Å²) in [5.74, 6) is -0.137. The van der Waals surface area contributed by atoms with Gasteiger partial charge in [-0.25, -0.2) is 0 Å². The van der Waals surface area contributed by atoms with E-state index in [-0.39, 0.29) is 12.3 Å². The first-order valence-corrected chi connectivity index (χ1v) is 5.01. The zero-order chi connectivity index (χ0) is 11.5. The van der Waals surface area contributed by atoms with E-state index in [2.05, 4.69) is 0 Å². The van der Waals surface area contributed by atoms with E-state index in [4.69, 9.17) is 5.73 Å². The van der Waals surface area contributed by atoms with Crippen LogP contribution in [-0.4, -0.2) is 36.1 Å². The van der Waals surface area contributed by atoms with Crippen LogP contribution < -0.4 is 5.73 Å². The molecule has 1 rings (SSSR count). The molecular formula is C9H15F3N2O. The number of carbonyl (C=O) groups excluding carboxylic acids is 1. The summed E-state index contributed by atoms with van der Waals surface area (Å²) in [5, 5.41) is 0. The second-order valence-corrected chi connectivity index (χ2v) is 3.79. The maximum Gasteiger partial charge on any atom is 0.389 e. The minimum atomic E-state index is -4.09. The van der Waals surface area contributed by atoms with Gasteiger partial charge in [-0.3, -0.25) is 4.79 Å². The maximum absolute atomic E-state index is 11.8. The summed E-state index contributed by atoms with van der Waals surface area (Å²) >= 11 is 0. The molecule has 0 bridgehead atoms. The van der Waals surface area contributed by atoms with Gasteiger partial charge in [0, 0.05) is 19.5 Å². The fraction of sp³-hybridized carbons (Fsp3) is 0.889. The van der Waals surface area contributed by atoms with Gasteiger partial charge in [-0.15, -0.1) is 0 Å². The summed E-state index contributed by atoms with van der Waals surface area (Å²) in [6.07, 6.45) is -3.80. The van der Waals surface area contributed by atoms with Gasteiger partial charge in [-0.2, -0.15) is 13.2 Å². The Labute approximate surface area is 86.4 Å². The Morgan fingerprint density at radius 3 is 2.53 bits per heavy atom. The van der Waals surface area contributed by atoms with Crippen molar-refractivity contribution in [1.29, 1.82) is 0 Å². The number of nitrogens with zero attached hydrogens (tertiary/aromatic N) is 1. The smallest absolute Gasteiger partial charge is 0.341 e. The Balaban J connectivity index is 2.14. The van der Waals surface area contributed by atoms with Gasteiger partial charge in [0.2, 0.25) is 5.91 Å². The number of likely N-dealkylation sites (tertiary alicyclic amines) is 1. The molecule has 1 unspecified atom stereocenters. The average Bonchev–Trinajstić information content (AvgIpc) is 2.42. The lowest BCUT2D eigenvalue weighted by Gasteiger charge is -2.15. The second-order valence-electron chi connectivity index (χ2n) is 3.79. The topological polar surface area (TPSA) is 46.3 Å². The van der Waals surface area contributed by atoms with Crippen LogP contribution in [0.1, 0.15) is 25.7 Å². The summed E-state index contributed by atoms with van der Waals surface area (Å²) < 4.78 is 35.4. The van der Waals surface area contributed by atoms with Crippen LogP contribution in [0, 0.1) is 0 Å². The number of halogens is 3. The molecule has 0 radical (unpaired) electrons. The summed E-state index contributed by atoms with van der Waals surface area (Å²) in [6.45, 7) is 0.967. The molecule has 2 N–H and O–H groups in total. The van der Waals surface area contributed by atoms with Crippen molar-refractivity contribution >= 4 is 5.91 Å². The van der Waals surface area contributed by atoms with Crippen molar-refractivity contribution in [2.75, 3.05) is 13.1 Å². The van der Waals surface area contributed by atoms with Crippen LogP contribution in [-0.2, 0) is 4.79 Å². The number of carbonyl (C=O) groups is 1. The van der Waals surface area contributed by atoms with E-state index in [1.807, 2.05) is 0 Å². The van der Waals surface area contributed by atoms with Gasteiger partial charge in [0.15, 0.2) is 0 Å². The quantitative estimate of drug-likeness (QED) is 0.731. The third-order valence-corrected chi connectivity index (χ3v) is 2.48. The van der Waals surface area contributed by atoms with E-state index in [1.165, 1.54) is 0 Å². The second kappa shape index (κ2) is 4.83. The van der Waals surface area contributed by atoms with Crippen molar-refractivity contribution in [2.24, 2.45) is 5.73 Å². The number of hydrogen-bond donors (Lipinski definition) is 1. The normalized spacial score (nSPS) is 22.5. The predicted molar refractivity (Wildman–Crippen MR) is 49.1 cm³/mol. The number of hydrogen-bond acceptors (Lipinski definition) is 2. The molecule has 0 aromatic rings. The van der Waals surface area contributed by atoms with Gasteiger partial charge in [-0.1, -0.05) is 0 Å². The summed E-state index contributed by atoms with van der Waals surface area (Å²) in [6, 6.07) is -0.451. The number of rotatable bonds is 4. The fourth-order valence-corrected chi connectivity index (χ4v) is 1.61. The highest BCUT2D eigenvalue weighted by atomic mass is 19.4. The zero-order valence-corrected chi connectivity index (χ0v) is 8.39. The first-order valence-electron chi connectivity index (χ1n) is 5.01. The van der Waals surface area contributed by atoms with Gasteiger partial charge in [0.1, 0.15) is 0 Å². The van der Waals surface area contributed by atoms with Crippen LogP contribution in [0.25, 0.3) is 0 Å². The number of amides is 1. The molecule has 0 aromatic carbocycles. The van der Waals surface area contributed by atoms with E-state index >= 15 is 0 Å². The first kappa shape index (κ1) is 12.3. The van der Waals surface area contributed by atoms with Crippen LogP contribution in [0.3, 0.4) is 0 Å². The van der Waals surface area contributed by atoms with E-state index in [9.17, 15) is 18.0 Å². The molecule has 1 fully saturated rings. The Kier molecular flexibility index (Phi) is 3.96. The minimum Gasteiger partial charge on any atom is -0.341 e. The number of unbranched alkanes of at least 4 members (excludes halogenated alkanes) is 1. The van der Waals surface area contributed by atoms with E-state index in [0.717, 1.165) is 0 Å². The van der Waals surface area contributed by atoms with E-state index in [0.29, 0.717) is 25.9 Å². The number of alkyl halides is 3. The molecule has 0 saturated carbocycles. The zero-order valence-electron chi connectivity index (χ0n) is 8.39. The van der Waals surface area contributed by atoms with Gasteiger partial charge in [-0.05, 0) is 19.3 Å². The molecule has 1 aliphatic rings. The lowest BCUT2D eigenvalue weighted by atomic mass is 10.2.